The fourth-order valence-corrected chi connectivity index (χ4v) is 2.77. The Morgan fingerprint density at radius 3 is 2.43 bits per heavy atom. The zero-order valence-corrected chi connectivity index (χ0v) is 8.39. The standard InChI is InChI=1S/C10H20N4/c11-5-10(13,14)9(12)8-4-6-1-2-7(8)3-6/h1-2,6-9H,3-5,11-14H2. The highest BCUT2D eigenvalue weighted by atomic mass is 15.1. The van der Waals surface area contributed by atoms with Gasteiger partial charge in [-0.05, 0) is 30.6 Å². The average Bonchev–Trinajstić information content (AvgIpc) is 2.77. The van der Waals surface area contributed by atoms with Crippen molar-refractivity contribution in [3.63, 3.8) is 0 Å². The first-order chi connectivity index (χ1) is 6.54. The Morgan fingerprint density at radius 1 is 1.29 bits per heavy atom. The van der Waals surface area contributed by atoms with E-state index in [0.717, 1.165) is 6.42 Å². The molecule has 0 aromatic carbocycles. The molecule has 0 aromatic heterocycles. The minimum atomic E-state index is -0.914. The SMILES string of the molecule is NCC(N)(N)C(N)C1CC2C=CC1C2. The van der Waals surface area contributed by atoms with Crippen molar-refractivity contribution in [2.75, 3.05) is 6.54 Å². The highest BCUT2D eigenvalue weighted by molar-refractivity contribution is 5.14. The van der Waals surface area contributed by atoms with Gasteiger partial charge in [0, 0.05) is 12.6 Å². The van der Waals surface area contributed by atoms with E-state index in [-0.39, 0.29) is 12.6 Å². The normalized spacial score (nSPS) is 37.9. The Hall–Kier alpha value is -0.420. The number of rotatable bonds is 3. The Morgan fingerprint density at radius 2 is 2.00 bits per heavy atom. The second-order valence-corrected chi connectivity index (χ2v) is 4.79. The molecule has 2 aliphatic carbocycles. The molecule has 0 radical (unpaired) electrons. The van der Waals surface area contributed by atoms with Crippen LogP contribution in [0.15, 0.2) is 12.2 Å². The average molecular weight is 196 g/mol. The fourth-order valence-electron chi connectivity index (χ4n) is 2.77. The Labute approximate surface area is 84.7 Å². The molecule has 0 amide bonds. The summed E-state index contributed by atoms with van der Waals surface area (Å²) in [5.41, 5.74) is 22.5. The monoisotopic (exact) mass is 196 g/mol. The van der Waals surface area contributed by atoms with Crippen LogP contribution in [0.5, 0.6) is 0 Å². The lowest BCUT2D eigenvalue weighted by Gasteiger charge is -2.36. The molecular weight excluding hydrogens is 176 g/mol. The molecule has 14 heavy (non-hydrogen) atoms. The van der Waals surface area contributed by atoms with Crippen molar-refractivity contribution < 1.29 is 0 Å². The maximum atomic E-state index is 6.09. The summed E-state index contributed by atoms with van der Waals surface area (Å²) in [6.07, 6.45) is 6.88. The maximum Gasteiger partial charge on any atom is 0.0921 e. The summed E-state index contributed by atoms with van der Waals surface area (Å²) in [7, 11) is 0. The van der Waals surface area contributed by atoms with Crippen molar-refractivity contribution in [1.82, 2.24) is 0 Å². The van der Waals surface area contributed by atoms with Crippen LogP contribution in [0.2, 0.25) is 0 Å². The lowest BCUT2D eigenvalue weighted by Crippen LogP contribution is -2.69. The molecule has 2 aliphatic rings. The van der Waals surface area contributed by atoms with E-state index in [2.05, 4.69) is 12.2 Å². The predicted molar refractivity (Wildman–Crippen MR) is 57.0 cm³/mol. The first kappa shape index (κ1) is 10.1. The summed E-state index contributed by atoms with van der Waals surface area (Å²) in [4.78, 5) is 0. The van der Waals surface area contributed by atoms with E-state index in [1.807, 2.05) is 0 Å². The highest BCUT2D eigenvalue weighted by Gasteiger charge is 2.43. The zero-order chi connectivity index (χ0) is 10.3. The van der Waals surface area contributed by atoms with Crippen molar-refractivity contribution in [3.05, 3.63) is 12.2 Å². The van der Waals surface area contributed by atoms with Crippen molar-refractivity contribution in [2.45, 2.75) is 24.5 Å². The quantitative estimate of drug-likeness (QED) is 0.347. The molecule has 4 heteroatoms. The van der Waals surface area contributed by atoms with Crippen LogP contribution in [0.25, 0.3) is 0 Å². The summed E-state index contributed by atoms with van der Waals surface area (Å²) in [6, 6.07) is -0.188. The molecule has 2 bridgehead atoms. The van der Waals surface area contributed by atoms with Crippen LogP contribution in [0.3, 0.4) is 0 Å². The van der Waals surface area contributed by atoms with Crippen LogP contribution in [0.1, 0.15) is 12.8 Å². The van der Waals surface area contributed by atoms with Gasteiger partial charge >= 0.3 is 0 Å². The molecule has 0 saturated heterocycles. The lowest BCUT2D eigenvalue weighted by molar-refractivity contribution is 0.245. The third-order valence-corrected chi connectivity index (χ3v) is 3.77. The predicted octanol–water partition coefficient (Wildman–Crippen LogP) is -0.902. The molecule has 8 N–H and O–H groups in total. The number of fused-ring (bicyclic) bond motifs is 2. The molecule has 80 valence electrons. The van der Waals surface area contributed by atoms with Gasteiger partial charge in [-0.2, -0.15) is 0 Å². The first-order valence-corrected chi connectivity index (χ1v) is 5.26. The molecular formula is C10H20N4. The van der Waals surface area contributed by atoms with E-state index in [1.165, 1.54) is 6.42 Å². The third-order valence-electron chi connectivity index (χ3n) is 3.77. The van der Waals surface area contributed by atoms with Gasteiger partial charge in [-0.1, -0.05) is 12.2 Å². The molecule has 1 saturated carbocycles. The maximum absolute atomic E-state index is 6.09. The zero-order valence-electron chi connectivity index (χ0n) is 8.39. The van der Waals surface area contributed by atoms with Gasteiger partial charge in [0.25, 0.3) is 0 Å². The van der Waals surface area contributed by atoms with Crippen LogP contribution in [0, 0.1) is 17.8 Å². The summed E-state index contributed by atoms with van der Waals surface area (Å²) in [5, 5.41) is 0. The van der Waals surface area contributed by atoms with Crippen LogP contribution in [0.4, 0.5) is 0 Å². The molecule has 4 unspecified atom stereocenters. The Balaban J connectivity index is 2.06. The van der Waals surface area contributed by atoms with Crippen molar-refractivity contribution in [3.8, 4) is 0 Å². The van der Waals surface area contributed by atoms with E-state index >= 15 is 0 Å². The molecule has 0 aliphatic heterocycles. The first-order valence-electron chi connectivity index (χ1n) is 5.26. The van der Waals surface area contributed by atoms with Crippen LogP contribution < -0.4 is 22.9 Å². The second-order valence-electron chi connectivity index (χ2n) is 4.79. The molecule has 0 spiro atoms. The number of nitrogens with two attached hydrogens (primary N) is 4. The second kappa shape index (κ2) is 3.31. The number of hydrogen-bond donors (Lipinski definition) is 4. The largest absolute Gasteiger partial charge is 0.327 e. The molecule has 4 atom stereocenters. The molecule has 4 nitrogen and oxygen atoms in total. The van der Waals surface area contributed by atoms with Gasteiger partial charge in [0.15, 0.2) is 0 Å². The van der Waals surface area contributed by atoms with Gasteiger partial charge < -0.3 is 22.9 Å². The van der Waals surface area contributed by atoms with E-state index < -0.39 is 5.66 Å². The number of hydrogen-bond acceptors (Lipinski definition) is 4. The van der Waals surface area contributed by atoms with Gasteiger partial charge in [0.2, 0.25) is 0 Å². The van der Waals surface area contributed by atoms with Gasteiger partial charge in [0.1, 0.15) is 0 Å². The summed E-state index contributed by atoms with van der Waals surface area (Å²) in [5.74, 6) is 1.70. The van der Waals surface area contributed by atoms with Gasteiger partial charge in [-0.15, -0.1) is 0 Å². The van der Waals surface area contributed by atoms with Crippen molar-refractivity contribution in [1.29, 1.82) is 0 Å². The summed E-state index contributed by atoms with van der Waals surface area (Å²) in [6.45, 7) is 0.242. The van der Waals surface area contributed by atoms with Crippen LogP contribution in [-0.2, 0) is 0 Å². The molecule has 0 aromatic rings. The Bertz CT molecular complexity index is 249. The van der Waals surface area contributed by atoms with Gasteiger partial charge in [-0.3, -0.25) is 0 Å². The van der Waals surface area contributed by atoms with Crippen LogP contribution >= 0.6 is 0 Å². The Kier molecular flexibility index (Phi) is 2.39. The molecule has 2 rings (SSSR count). The van der Waals surface area contributed by atoms with Gasteiger partial charge in [0.05, 0.1) is 5.66 Å². The minimum Gasteiger partial charge on any atom is -0.327 e. The highest BCUT2D eigenvalue weighted by Crippen LogP contribution is 2.45. The molecule has 1 fully saturated rings. The number of allylic oxidation sites excluding steroid dienone is 2. The smallest absolute Gasteiger partial charge is 0.0921 e. The molecule has 0 heterocycles. The third kappa shape index (κ3) is 1.48. The lowest BCUT2D eigenvalue weighted by atomic mass is 9.81. The van der Waals surface area contributed by atoms with Crippen molar-refractivity contribution in [2.24, 2.45) is 40.7 Å². The van der Waals surface area contributed by atoms with E-state index in [9.17, 15) is 0 Å². The van der Waals surface area contributed by atoms with Crippen molar-refractivity contribution >= 4 is 0 Å². The minimum absolute atomic E-state index is 0.188. The van der Waals surface area contributed by atoms with E-state index in [0.29, 0.717) is 17.8 Å². The van der Waals surface area contributed by atoms with Crippen LogP contribution in [-0.4, -0.2) is 18.2 Å². The summed E-state index contributed by atoms with van der Waals surface area (Å²) >= 11 is 0. The van der Waals surface area contributed by atoms with E-state index in [1.54, 1.807) is 0 Å². The summed E-state index contributed by atoms with van der Waals surface area (Å²) < 4.78 is 0. The fraction of sp³-hybridized carbons (Fsp3) is 0.800. The van der Waals surface area contributed by atoms with Gasteiger partial charge in [-0.25, -0.2) is 0 Å². The topological polar surface area (TPSA) is 104 Å². The van der Waals surface area contributed by atoms with E-state index in [4.69, 9.17) is 22.9 Å².